The van der Waals surface area contributed by atoms with Gasteiger partial charge in [0.05, 0.1) is 12.5 Å². The van der Waals surface area contributed by atoms with Crippen molar-refractivity contribution in [3.8, 4) is 0 Å². The molecule has 1 rings (SSSR count). The third-order valence-corrected chi connectivity index (χ3v) is 2.88. The zero-order chi connectivity index (χ0) is 15.9. The van der Waals surface area contributed by atoms with Gasteiger partial charge in [-0.3, -0.25) is 14.4 Å². The molecule has 21 heavy (non-hydrogen) atoms. The fourth-order valence-electron chi connectivity index (χ4n) is 1.71. The van der Waals surface area contributed by atoms with Crippen LogP contribution in [-0.4, -0.2) is 35.0 Å². The number of nitrogens with one attached hydrogen (secondary N) is 1. The Morgan fingerprint density at radius 2 is 1.95 bits per heavy atom. The molecule has 0 aliphatic heterocycles. The van der Waals surface area contributed by atoms with E-state index in [1.165, 1.54) is 6.29 Å². The average Bonchev–Trinajstić information content (AvgIpc) is 2.45. The van der Waals surface area contributed by atoms with Crippen LogP contribution in [0.1, 0.15) is 18.4 Å². The molecule has 0 aromatic heterocycles. The number of hydrogen-bond acceptors (Lipinski definition) is 5. The summed E-state index contributed by atoms with van der Waals surface area (Å²) in [7, 11) is 0. The summed E-state index contributed by atoms with van der Waals surface area (Å²) in [6.07, 6.45) is 1.31. The monoisotopic (exact) mass is 292 g/mol. The molecule has 7 heteroatoms. The minimum atomic E-state index is -2.15. The molecule has 1 aromatic rings. The van der Waals surface area contributed by atoms with Gasteiger partial charge in [-0.1, -0.05) is 30.3 Å². The van der Waals surface area contributed by atoms with Gasteiger partial charge in [0.25, 0.3) is 6.29 Å². The fourth-order valence-corrected chi connectivity index (χ4v) is 1.71. The van der Waals surface area contributed by atoms with Gasteiger partial charge in [0.2, 0.25) is 17.5 Å². The number of rotatable bonds is 8. The molecule has 1 aromatic carbocycles. The number of amides is 2. The van der Waals surface area contributed by atoms with E-state index in [2.05, 4.69) is 5.32 Å². The van der Waals surface area contributed by atoms with Crippen molar-refractivity contribution < 1.29 is 19.5 Å². The molecule has 0 bridgehead atoms. The van der Waals surface area contributed by atoms with Crippen molar-refractivity contribution in [1.82, 2.24) is 5.32 Å². The Hall–Kier alpha value is -2.25. The van der Waals surface area contributed by atoms with Crippen molar-refractivity contribution in [2.75, 3.05) is 0 Å². The Morgan fingerprint density at radius 1 is 1.33 bits per heavy atom. The van der Waals surface area contributed by atoms with Gasteiger partial charge in [0, 0.05) is 6.42 Å². The molecule has 0 spiro atoms. The summed E-state index contributed by atoms with van der Waals surface area (Å²) in [6.45, 7) is 0. The first-order valence-electron chi connectivity index (χ1n) is 6.38. The van der Waals surface area contributed by atoms with Crippen LogP contribution in [0.15, 0.2) is 30.3 Å². The zero-order valence-electron chi connectivity index (χ0n) is 11.4. The van der Waals surface area contributed by atoms with E-state index >= 15 is 0 Å². The summed E-state index contributed by atoms with van der Waals surface area (Å²) in [5.41, 5.74) is 9.10. The number of carbonyl (C=O) groups is 2. The lowest BCUT2D eigenvalue weighted by Gasteiger charge is -2.24. The topological polar surface area (TPSA) is 136 Å². The Labute approximate surface area is 122 Å². The maximum Gasteiger partial charge on any atom is 0.255 e. The third kappa shape index (κ3) is 5.72. The van der Waals surface area contributed by atoms with Crippen LogP contribution in [0.4, 0.5) is 0 Å². The first-order chi connectivity index (χ1) is 9.86. The van der Waals surface area contributed by atoms with E-state index in [1.807, 2.05) is 30.3 Å². The maximum absolute atomic E-state index is 11.7. The summed E-state index contributed by atoms with van der Waals surface area (Å²) in [5, 5.41) is 12.1. The van der Waals surface area contributed by atoms with Crippen molar-refractivity contribution in [3.63, 3.8) is 0 Å². The van der Waals surface area contributed by atoms with Crippen LogP contribution < -0.4 is 16.8 Å². The van der Waals surface area contributed by atoms with Gasteiger partial charge < -0.3 is 21.9 Å². The Balaban J connectivity index is 2.61. The van der Waals surface area contributed by atoms with E-state index in [1.54, 1.807) is 0 Å². The molecular formula is C14H18N3O4. The van der Waals surface area contributed by atoms with Crippen molar-refractivity contribution in [2.45, 2.75) is 31.0 Å². The summed E-state index contributed by atoms with van der Waals surface area (Å²) in [4.78, 5) is 33.3. The lowest BCUT2D eigenvalue weighted by molar-refractivity contribution is -0.130. The second-order valence-corrected chi connectivity index (χ2v) is 4.71. The van der Waals surface area contributed by atoms with Gasteiger partial charge in [-0.05, 0) is 12.0 Å². The Kier molecular flexibility index (Phi) is 6.01. The second-order valence-electron chi connectivity index (χ2n) is 4.71. The van der Waals surface area contributed by atoms with Crippen LogP contribution in [0, 0.1) is 0 Å². The zero-order valence-corrected chi connectivity index (χ0v) is 11.4. The van der Waals surface area contributed by atoms with Gasteiger partial charge in [-0.25, -0.2) is 0 Å². The molecule has 7 nitrogen and oxygen atoms in total. The predicted octanol–water partition coefficient (Wildman–Crippen LogP) is -1.26. The molecule has 6 N–H and O–H groups in total. The van der Waals surface area contributed by atoms with Crippen LogP contribution in [0.25, 0.3) is 0 Å². The van der Waals surface area contributed by atoms with Crippen molar-refractivity contribution in [1.29, 1.82) is 0 Å². The average molecular weight is 292 g/mol. The summed E-state index contributed by atoms with van der Waals surface area (Å²) in [6, 6.07) is 7.91. The molecule has 1 unspecified atom stereocenters. The first kappa shape index (κ1) is 16.8. The molecule has 2 atom stereocenters. The molecular weight excluding hydrogens is 274 g/mol. The number of benzene rings is 1. The van der Waals surface area contributed by atoms with Crippen LogP contribution in [0.2, 0.25) is 0 Å². The van der Waals surface area contributed by atoms with E-state index in [0.717, 1.165) is 5.56 Å². The largest absolute Gasteiger partial charge is 0.370 e. The molecule has 0 fully saturated rings. The number of hydrogen-bond donors (Lipinski definition) is 4. The highest BCUT2D eigenvalue weighted by Crippen LogP contribution is 2.10. The fraction of sp³-hybridized carbons (Fsp3) is 0.357. The Bertz CT molecular complexity index is 506. The van der Waals surface area contributed by atoms with Crippen LogP contribution in [-0.2, 0) is 20.8 Å². The molecule has 0 aliphatic rings. The lowest BCUT2D eigenvalue weighted by atomic mass is 10.0. The molecule has 0 aliphatic carbocycles. The summed E-state index contributed by atoms with van der Waals surface area (Å²) in [5.74, 6) is -1.59. The van der Waals surface area contributed by atoms with E-state index in [4.69, 9.17) is 11.5 Å². The van der Waals surface area contributed by atoms with E-state index < -0.39 is 23.6 Å². The highest BCUT2D eigenvalue weighted by molar-refractivity contribution is 5.89. The SMILES string of the molecule is NC(=O)C[C@H](N)C(=O)NC(O)([C]=O)CCc1ccccc1. The Morgan fingerprint density at radius 3 is 2.48 bits per heavy atom. The number of carbonyl (C=O) groups excluding carboxylic acids is 3. The minimum Gasteiger partial charge on any atom is -0.370 e. The van der Waals surface area contributed by atoms with E-state index in [9.17, 15) is 19.5 Å². The second kappa shape index (κ2) is 7.51. The van der Waals surface area contributed by atoms with Crippen molar-refractivity contribution in [3.05, 3.63) is 35.9 Å². The molecule has 113 valence electrons. The van der Waals surface area contributed by atoms with Crippen LogP contribution in [0.3, 0.4) is 0 Å². The molecule has 0 saturated carbocycles. The number of aryl methyl sites for hydroxylation is 1. The highest BCUT2D eigenvalue weighted by Gasteiger charge is 2.31. The third-order valence-electron chi connectivity index (χ3n) is 2.88. The standard InChI is InChI=1S/C14H18N3O4/c15-11(8-12(16)19)13(20)17-14(21,9-18)7-6-10-4-2-1-3-5-10/h1-5,11,21H,6-8,15H2,(H2,16,19)(H,17,20)/t11-,14?/m0/s1. The van der Waals surface area contributed by atoms with Gasteiger partial charge in [0.15, 0.2) is 0 Å². The number of primary amides is 1. The quantitative estimate of drug-likeness (QED) is 0.443. The lowest BCUT2D eigenvalue weighted by Crippen LogP contribution is -2.55. The van der Waals surface area contributed by atoms with Gasteiger partial charge in [0.1, 0.15) is 0 Å². The van der Waals surface area contributed by atoms with Crippen molar-refractivity contribution in [2.24, 2.45) is 11.5 Å². The van der Waals surface area contributed by atoms with Crippen LogP contribution >= 0.6 is 0 Å². The van der Waals surface area contributed by atoms with E-state index in [0.29, 0.717) is 6.42 Å². The number of aliphatic hydroxyl groups is 1. The van der Waals surface area contributed by atoms with Gasteiger partial charge in [-0.15, -0.1) is 0 Å². The van der Waals surface area contributed by atoms with E-state index in [-0.39, 0.29) is 12.8 Å². The van der Waals surface area contributed by atoms with Gasteiger partial charge in [-0.2, -0.15) is 0 Å². The van der Waals surface area contributed by atoms with Gasteiger partial charge >= 0.3 is 0 Å². The predicted molar refractivity (Wildman–Crippen MR) is 75.3 cm³/mol. The summed E-state index contributed by atoms with van der Waals surface area (Å²) >= 11 is 0. The molecule has 1 radical (unpaired) electrons. The smallest absolute Gasteiger partial charge is 0.255 e. The summed E-state index contributed by atoms with van der Waals surface area (Å²) < 4.78 is 0. The maximum atomic E-state index is 11.7. The minimum absolute atomic E-state index is 0.0600. The van der Waals surface area contributed by atoms with Crippen LogP contribution in [0.5, 0.6) is 0 Å². The normalized spacial score (nSPS) is 14.8. The molecule has 0 heterocycles. The molecule has 2 amide bonds. The number of nitrogens with two attached hydrogens (primary N) is 2. The molecule has 0 saturated heterocycles. The van der Waals surface area contributed by atoms with Crippen molar-refractivity contribution >= 4 is 18.1 Å². The highest BCUT2D eigenvalue weighted by atomic mass is 16.3. The first-order valence-corrected chi connectivity index (χ1v) is 6.38.